The molecule has 5 rings (SSSR count). The minimum absolute atomic E-state index is 0.0337. The van der Waals surface area contributed by atoms with Crippen molar-refractivity contribution >= 4 is 17.5 Å². The zero-order valence-electron chi connectivity index (χ0n) is 24.0. The van der Waals surface area contributed by atoms with Crippen LogP contribution in [-0.4, -0.2) is 24.0 Å². The lowest BCUT2D eigenvalue weighted by molar-refractivity contribution is -0.218. The van der Waals surface area contributed by atoms with Gasteiger partial charge in [-0.3, -0.25) is 14.4 Å². The first-order valence-corrected chi connectivity index (χ1v) is 14.7. The van der Waals surface area contributed by atoms with Crippen molar-refractivity contribution in [3.05, 3.63) is 11.6 Å². The third-order valence-electron chi connectivity index (χ3n) is 12.9. The molecule has 37 heavy (non-hydrogen) atoms. The lowest BCUT2D eigenvalue weighted by Gasteiger charge is -2.71. The molecule has 3 unspecified atom stereocenters. The number of carbonyl (C=O) groups excluding carboxylic acids is 3. The third kappa shape index (κ3) is 3.36. The van der Waals surface area contributed by atoms with Gasteiger partial charge in [0.25, 0.3) is 0 Å². The number of nitriles is 1. The number of Topliss-reactive ketones (excluding diaryl/α,β-unsaturated/α-hetero) is 2. The summed E-state index contributed by atoms with van der Waals surface area (Å²) in [7, 11) is 0. The molecule has 5 nitrogen and oxygen atoms in total. The minimum atomic E-state index is -0.449. The summed E-state index contributed by atoms with van der Waals surface area (Å²) in [5.41, 5.74) is -0.708. The highest BCUT2D eigenvalue weighted by Gasteiger charge is 2.72. The molecule has 9 atom stereocenters. The minimum Gasteiger partial charge on any atom is -0.356 e. The largest absolute Gasteiger partial charge is 0.356 e. The van der Waals surface area contributed by atoms with Crippen LogP contribution in [0.4, 0.5) is 0 Å². The van der Waals surface area contributed by atoms with Crippen LogP contribution in [0.15, 0.2) is 11.6 Å². The van der Waals surface area contributed by atoms with Gasteiger partial charge in [0.05, 0.1) is 11.0 Å². The van der Waals surface area contributed by atoms with Gasteiger partial charge in [-0.2, -0.15) is 5.26 Å². The second kappa shape index (κ2) is 8.27. The molecular weight excluding hydrogens is 460 g/mol. The molecule has 0 saturated heterocycles. The fourth-order valence-corrected chi connectivity index (χ4v) is 10.7. The van der Waals surface area contributed by atoms with Crippen LogP contribution in [0, 0.1) is 68.0 Å². The van der Waals surface area contributed by atoms with Gasteiger partial charge in [0, 0.05) is 24.8 Å². The molecule has 4 fully saturated rings. The van der Waals surface area contributed by atoms with Crippen molar-refractivity contribution < 1.29 is 14.4 Å². The van der Waals surface area contributed by atoms with E-state index in [2.05, 4.69) is 46.0 Å². The van der Waals surface area contributed by atoms with Crippen molar-refractivity contribution in [2.45, 2.75) is 99.8 Å². The Morgan fingerprint density at radius 3 is 2.35 bits per heavy atom. The average Bonchev–Trinajstić information content (AvgIpc) is 2.82. The number of nitrogens with one attached hydrogen (secondary N) is 1. The number of allylic oxidation sites excluding steroid dienone is 2. The molecular formula is C32H46N2O3. The van der Waals surface area contributed by atoms with Crippen molar-refractivity contribution in [3.63, 3.8) is 0 Å². The molecule has 0 spiro atoms. The average molecular weight is 507 g/mol. The molecule has 5 aliphatic carbocycles. The summed E-state index contributed by atoms with van der Waals surface area (Å²) in [6, 6.07) is 2.19. The van der Waals surface area contributed by atoms with Gasteiger partial charge in [-0.05, 0) is 91.3 Å². The van der Waals surface area contributed by atoms with Crippen molar-refractivity contribution in [3.8, 4) is 6.07 Å². The number of nitrogens with zero attached hydrogens (tertiary/aromatic N) is 1. The molecule has 1 amide bonds. The molecule has 0 aromatic heterocycles. The molecule has 0 bridgehead atoms. The van der Waals surface area contributed by atoms with Crippen LogP contribution in [0.25, 0.3) is 0 Å². The first-order chi connectivity index (χ1) is 17.2. The molecule has 0 aromatic rings. The standard InChI is InChI=1S/C32H46N2O3/c1-8-34-27(37)32-13-11-28(3,4)17-22(32)25-23(35)15-24-29(5)16-20(18-33)26(36)19(2)21(29)9-10-30(24,6)31(25,7)12-14-32/h16,19,21-22,24-25H,8-15,17H2,1-7H3,(H,34,37)/t19-,21-,22?,24?,25?,29-,30+,31+,32-/m0/s1. The number of fused-ring (bicyclic) bond motifs is 7. The highest BCUT2D eigenvalue weighted by Crippen LogP contribution is 2.75. The van der Waals surface area contributed by atoms with Crippen LogP contribution in [0.5, 0.6) is 0 Å². The summed E-state index contributed by atoms with van der Waals surface area (Å²) >= 11 is 0. The Kier molecular flexibility index (Phi) is 5.95. The number of rotatable bonds is 2. The van der Waals surface area contributed by atoms with E-state index in [1.54, 1.807) is 0 Å². The summed E-state index contributed by atoms with van der Waals surface area (Å²) in [6.07, 6.45) is 8.92. The van der Waals surface area contributed by atoms with Crippen LogP contribution in [-0.2, 0) is 14.4 Å². The van der Waals surface area contributed by atoms with Gasteiger partial charge in [0.2, 0.25) is 5.91 Å². The first kappa shape index (κ1) is 26.6. The lowest BCUT2D eigenvalue weighted by atomic mass is 9.32. The maximum atomic E-state index is 14.4. The van der Waals surface area contributed by atoms with Crippen LogP contribution in [0.1, 0.15) is 99.8 Å². The highest BCUT2D eigenvalue weighted by atomic mass is 16.2. The van der Waals surface area contributed by atoms with E-state index < -0.39 is 5.41 Å². The molecule has 5 aliphatic rings. The smallest absolute Gasteiger partial charge is 0.226 e. The monoisotopic (exact) mass is 506 g/mol. The zero-order valence-corrected chi connectivity index (χ0v) is 24.0. The quantitative estimate of drug-likeness (QED) is 0.495. The number of hydrogen-bond acceptors (Lipinski definition) is 4. The van der Waals surface area contributed by atoms with Gasteiger partial charge < -0.3 is 5.32 Å². The maximum absolute atomic E-state index is 14.4. The van der Waals surface area contributed by atoms with Gasteiger partial charge in [-0.1, -0.05) is 47.6 Å². The topological polar surface area (TPSA) is 87.0 Å². The van der Waals surface area contributed by atoms with Gasteiger partial charge in [-0.15, -0.1) is 0 Å². The van der Waals surface area contributed by atoms with E-state index in [1.807, 2.05) is 19.9 Å². The number of hydrogen-bond donors (Lipinski definition) is 1. The highest BCUT2D eigenvalue weighted by molar-refractivity contribution is 6.02. The molecule has 1 N–H and O–H groups in total. The van der Waals surface area contributed by atoms with E-state index in [0.29, 0.717) is 18.7 Å². The Morgan fingerprint density at radius 1 is 1.03 bits per heavy atom. The van der Waals surface area contributed by atoms with E-state index in [9.17, 15) is 19.6 Å². The van der Waals surface area contributed by atoms with Crippen LogP contribution >= 0.6 is 0 Å². The normalized spacial score (nSPS) is 48.4. The Morgan fingerprint density at radius 2 is 1.70 bits per heavy atom. The lowest BCUT2D eigenvalue weighted by Crippen LogP contribution is -2.69. The van der Waals surface area contributed by atoms with E-state index in [1.165, 1.54) is 0 Å². The van der Waals surface area contributed by atoms with Crippen LogP contribution in [0.2, 0.25) is 0 Å². The summed E-state index contributed by atoms with van der Waals surface area (Å²) < 4.78 is 0. The summed E-state index contributed by atoms with van der Waals surface area (Å²) in [4.78, 5) is 41.1. The molecule has 0 aliphatic heterocycles. The van der Waals surface area contributed by atoms with Gasteiger partial charge >= 0.3 is 0 Å². The summed E-state index contributed by atoms with van der Waals surface area (Å²) in [5.74, 6) is 0.462. The van der Waals surface area contributed by atoms with Crippen molar-refractivity contribution in [2.24, 2.45) is 56.7 Å². The van der Waals surface area contributed by atoms with Gasteiger partial charge in [0.1, 0.15) is 11.9 Å². The second-order valence-corrected chi connectivity index (χ2v) is 14.9. The van der Waals surface area contributed by atoms with E-state index in [0.717, 1.165) is 44.9 Å². The fourth-order valence-electron chi connectivity index (χ4n) is 10.7. The van der Waals surface area contributed by atoms with E-state index in [-0.39, 0.29) is 68.5 Å². The first-order valence-electron chi connectivity index (χ1n) is 14.7. The molecule has 5 heteroatoms. The van der Waals surface area contributed by atoms with Gasteiger partial charge in [-0.25, -0.2) is 0 Å². The molecule has 0 aromatic carbocycles. The van der Waals surface area contributed by atoms with Gasteiger partial charge in [0.15, 0.2) is 5.78 Å². The third-order valence-corrected chi connectivity index (χ3v) is 12.9. The second-order valence-electron chi connectivity index (χ2n) is 14.9. The molecule has 4 saturated carbocycles. The predicted molar refractivity (Wildman–Crippen MR) is 143 cm³/mol. The Balaban J connectivity index is 1.62. The molecule has 202 valence electrons. The van der Waals surface area contributed by atoms with E-state index in [4.69, 9.17) is 0 Å². The maximum Gasteiger partial charge on any atom is 0.226 e. The van der Waals surface area contributed by atoms with Crippen molar-refractivity contribution in [1.29, 1.82) is 5.26 Å². The molecule has 0 radical (unpaired) electrons. The van der Waals surface area contributed by atoms with Crippen LogP contribution < -0.4 is 5.32 Å². The number of amides is 1. The van der Waals surface area contributed by atoms with Crippen LogP contribution in [0.3, 0.4) is 0 Å². The van der Waals surface area contributed by atoms with Crippen molar-refractivity contribution in [1.82, 2.24) is 5.32 Å². The summed E-state index contributed by atoms with van der Waals surface area (Å²) in [6.45, 7) is 16.2. The Labute approximate surface area is 223 Å². The summed E-state index contributed by atoms with van der Waals surface area (Å²) in [5, 5.41) is 13.0. The number of carbonyl (C=O) groups is 3. The SMILES string of the molecule is CCNC(=O)[C@]12CCC(C)(C)CC1C1C(=O)CC3[C@@]4(C)C=C(C#N)C(=O)[C@@H](C)[C@@H]4CC[C@@]3(C)[C@]1(C)CC2. The zero-order chi connectivity index (χ0) is 27.2. The Bertz CT molecular complexity index is 1120. The predicted octanol–water partition coefficient (Wildman–Crippen LogP) is 6.03. The number of ketones is 2. The van der Waals surface area contributed by atoms with Crippen molar-refractivity contribution in [2.75, 3.05) is 6.54 Å². The fraction of sp³-hybridized carbons (Fsp3) is 0.812. The Hall–Kier alpha value is -1.96. The molecule has 0 heterocycles. The van der Waals surface area contributed by atoms with E-state index >= 15 is 0 Å².